The quantitative estimate of drug-likeness (QED) is 0.473. The van der Waals surface area contributed by atoms with Crippen LogP contribution in [0.15, 0.2) is 59.5 Å². The van der Waals surface area contributed by atoms with Gasteiger partial charge in [0.05, 0.1) is 11.5 Å². The first-order chi connectivity index (χ1) is 12.4. The molecule has 0 fully saturated rings. The summed E-state index contributed by atoms with van der Waals surface area (Å²) in [5.41, 5.74) is 0.933. The van der Waals surface area contributed by atoms with E-state index < -0.39 is 22.2 Å². The van der Waals surface area contributed by atoms with Crippen LogP contribution >= 0.6 is 11.6 Å². The summed E-state index contributed by atoms with van der Waals surface area (Å²) in [7, 11) is -4.05. The lowest BCUT2D eigenvalue weighted by molar-refractivity contribution is -0.151. The van der Waals surface area contributed by atoms with E-state index in [-0.39, 0.29) is 17.9 Å². The number of esters is 1. The van der Waals surface area contributed by atoms with Gasteiger partial charge in [-0.1, -0.05) is 48.0 Å². The van der Waals surface area contributed by atoms with Crippen LogP contribution in [-0.4, -0.2) is 27.1 Å². The summed E-state index contributed by atoms with van der Waals surface area (Å²) in [5, 5.41) is 0.637. The monoisotopic (exact) mass is 396 g/mol. The first-order valence-corrected chi connectivity index (χ1v) is 10.1. The Bertz CT molecular complexity index is 821. The van der Waals surface area contributed by atoms with E-state index in [1.54, 1.807) is 31.2 Å². The van der Waals surface area contributed by atoms with Gasteiger partial charge in [-0.2, -0.15) is 8.42 Å². The molecule has 0 aliphatic carbocycles. The molecule has 0 radical (unpaired) electrons. The van der Waals surface area contributed by atoms with Gasteiger partial charge < -0.3 is 4.74 Å². The fraction of sp³-hybridized carbons (Fsp3) is 0.316. The first-order valence-electron chi connectivity index (χ1n) is 8.32. The van der Waals surface area contributed by atoms with Gasteiger partial charge in [-0.15, -0.1) is 0 Å². The number of ether oxygens (including phenoxy) is 1. The van der Waals surface area contributed by atoms with Gasteiger partial charge in [0.2, 0.25) is 0 Å². The Hall–Kier alpha value is -1.89. The fourth-order valence-electron chi connectivity index (χ4n) is 2.42. The Morgan fingerprint density at radius 3 is 2.38 bits per heavy atom. The standard InChI is InChI=1S/C19H21ClO5S/c1-2-24-19(21)18(14-8-10-15-9-6-7-13-17(15)20)25-26(22,23)16-11-4-3-5-12-16/h3-7,9,11-13,18H,2,8,10,14H2,1H3/t18-/m1/s1. The molecule has 0 spiro atoms. The molecule has 7 heteroatoms. The lowest BCUT2D eigenvalue weighted by Crippen LogP contribution is -2.29. The highest BCUT2D eigenvalue weighted by Gasteiger charge is 2.28. The second-order valence-electron chi connectivity index (χ2n) is 5.59. The summed E-state index contributed by atoms with van der Waals surface area (Å²) in [5.74, 6) is -0.689. The van der Waals surface area contributed by atoms with Crippen LogP contribution in [0.2, 0.25) is 5.02 Å². The van der Waals surface area contributed by atoms with E-state index in [1.165, 1.54) is 12.1 Å². The maximum absolute atomic E-state index is 12.4. The molecule has 0 aliphatic rings. The summed E-state index contributed by atoms with van der Waals surface area (Å²) >= 11 is 6.12. The smallest absolute Gasteiger partial charge is 0.336 e. The van der Waals surface area contributed by atoms with E-state index in [4.69, 9.17) is 20.5 Å². The van der Waals surface area contributed by atoms with Crippen LogP contribution in [0.1, 0.15) is 25.3 Å². The van der Waals surface area contributed by atoms with Gasteiger partial charge in [-0.3, -0.25) is 4.18 Å². The molecule has 0 bridgehead atoms. The summed E-state index contributed by atoms with van der Waals surface area (Å²) < 4.78 is 34.9. The van der Waals surface area contributed by atoms with Gasteiger partial charge in [0.25, 0.3) is 10.1 Å². The normalized spacial score (nSPS) is 12.5. The average molecular weight is 397 g/mol. The van der Waals surface area contributed by atoms with Gasteiger partial charge >= 0.3 is 5.97 Å². The summed E-state index contributed by atoms with van der Waals surface area (Å²) in [4.78, 5) is 12.1. The Labute approximate surface area is 159 Å². The van der Waals surface area contributed by atoms with Crippen molar-refractivity contribution in [2.75, 3.05) is 6.61 Å². The molecule has 0 N–H and O–H groups in total. The van der Waals surface area contributed by atoms with Gasteiger partial charge in [0, 0.05) is 5.02 Å². The van der Waals surface area contributed by atoms with Gasteiger partial charge in [-0.05, 0) is 49.9 Å². The number of aryl methyl sites for hydroxylation is 1. The Kier molecular flexibility index (Phi) is 7.63. The lowest BCUT2D eigenvalue weighted by atomic mass is 10.1. The number of halogens is 1. The van der Waals surface area contributed by atoms with Gasteiger partial charge in [0.1, 0.15) is 0 Å². The highest BCUT2D eigenvalue weighted by molar-refractivity contribution is 7.86. The third-order valence-corrected chi connectivity index (χ3v) is 5.40. The molecular weight excluding hydrogens is 376 g/mol. The van der Waals surface area contributed by atoms with Crippen LogP contribution in [0.3, 0.4) is 0 Å². The van der Waals surface area contributed by atoms with E-state index >= 15 is 0 Å². The van der Waals surface area contributed by atoms with Crippen molar-refractivity contribution in [1.82, 2.24) is 0 Å². The van der Waals surface area contributed by atoms with Crippen molar-refractivity contribution in [1.29, 1.82) is 0 Å². The van der Waals surface area contributed by atoms with E-state index in [0.29, 0.717) is 17.9 Å². The molecule has 0 aliphatic heterocycles. The second-order valence-corrected chi connectivity index (χ2v) is 7.57. The Morgan fingerprint density at radius 2 is 1.73 bits per heavy atom. The van der Waals surface area contributed by atoms with E-state index in [9.17, 15) is 13.2 Å². The lowest BCUT2D eigenvalue weighted by Gasteiger charge is -2.16. The van der Waals surface area contributed by atoms with Crippen LogP contribution in [0.25, 0.3) is 0 Å². The molecule has 5 nitrogen and oxygen atoms in total. The number of rotatable bonds is 9. The molecule has 1 atom stereocenters. The van der Waals surface area contributed by atoms with Crippen molar-refractivity contribution in [2.24, 2.45) is 0 Å². The predicted molar refractivity (Wildman–Crippen MR) is 99.5 cm³/mol. The molecule has 2 aromatic carbocycles. The number of hydrogen-bond acceptors (Lipinski definition) is 5. The van der Waals surface area contributed by atoms with Gasteiger partial charge in [0.15, 0.2) is 6.10 Å². The number of carbonyl (C=O) groups is 1. The highest BCUT2D eigenvalue weighted by atomic mass is 35.5. The molecule has 0 unspecified atom stereocenters. The van der Waals surface area contributed by atoms with Crippen molar-refractivity contribution in [2.45, 2.75) is 37.2 Å². The molecule has 2 aromatic rings. The van der Waals surface area contributed by atoms with Crippen molar-refractivity contribution in [3.63, 3.8) is 0 Å². The predicted octanol–water partition coefficient (Wildman–Crippen LogP) is 4.00. The number of benzene rings is 2. The SMILES string of the molecule is CCOC(=O)[C@@H](CCCc1ccccc1Cl)OS(=O)(=O)c1ccccc1. The third-order valence-electron chi connectivity index (χ3n) is 3.69. The van der Waals surface area contributed by atoms with Gasteiger partial charge in [-0.25, -0.2) is 4.79 Å². The molecule has 2 rings (SSSR count). The zero-order valence-electron chi connectivity index (χ0n) is 14.4. The van der Waals surface area contributed by atoms with Crippen molar-refractivity contribution >= 4 is 27.7 Å². The molecule has 0 heterocycles. The summed E-state index contributed by atoms with van der Waals surface area (Å²) in [6.45, 7) is 1.80. The van der Waals surface area contributed by atoms with Crippen LogP contribution in [0, 0.1) is 0 Å². The first kappa shape index (κ1) is 20.4. The minimum atomic E-state index is -4.05. The highest BCUT2D eigenvalue weighted by Crippen LogP contribution is 2.20. The largest absolute Gasteiger partial charge is 0.464 e. The van der Waals surface area contributed by atoms with Crippen molar-refractivity contribution in [3.05, 3.63) is 65.2 Å². The van der Waals surface area contributed by atoms with Crippen molar-refractivity contribution < 1.29 is 22.1 Å². The molecule has 0 saturated heterocycles. The number of carbonyl (C=O) groups excluding carboxylic acids is 1. The van der Waals surface area contributed by atoms with Crippen LogP contribution in [0.4, 0.5) is 0 Å². The Balaban J connectivity index is 2.06. The van der Waals surface area contributed by atoms with Crippen LogP contribution in [-0.2, 0) is 30.3 Å². The van der Waals surface area contributed by atoms with Crippen molar-refractivity contribution in [3.8, 4) is 0 Å². The van der Waals surface area contributed by atoms with Crippen LogP contribution < -0.4 is 0 Å². The zero-order valence-corrected chi connectivity index (χ0v) is 16.0. The second kappa shape index (κ2) is 9.71. The topological polar surface area (TPSA) is 69.7 Å². The van der Waals surface area contributed by atoms with E-state index in [0.717, 1.165) is 5.56 Å². The molecular formula is C19H21ClO5S. The minimum Gasteiger partial charge on any atom is -0.464 e. The zero-order chi connectivity index (χ0) is 19.0. The maximum atomic E-state index is 12.4. The molecule has 26 heavy (non-hydrogen) atoms. The molecule has 140 valence electrons. The minimum absolute atomic E-state index is 0.000372. The van der Waals surface area contributed by atoms with E-state index in [1.807, 2.05) is 18.2 Å². The molecule has 0 saturated carbocycles. The average Bonchev–Trinajstić information content (AvgIpc) is 2.63. The van der Waals surface area contributed by atoms with E-state index in [2.05, 4.69) is 0 Å². The number of hydrogen-bond donors (Lipinski definition) is 0. The third kappa shape index (κ3) is 5.83. The maximum Gasteiger partial charge on any atom is 0.336 e. The van der Waals surface area contributed by atoms with Crippen LogP contribution in [0.5, 0.6) is 0 Å². The fourth-order valence-corrected chi connectivity index (χ4v) is 3.73. The Morgan fingerprint density at radius 1 is 1.08 bits per heavy atom. The summed E-state index contributed by atoms with van der Waals surface area (Å²) in [6, 6.07) is 15.1. The summed E-state index contributed by atoms with van der Waals surface area (Å²) in [6.07, 6.45) is 0.139. The molecule has 0 amide bonds. The molecule has 0 aromatic heterocycles.